The standard InChI is InChI=1S/C21H21N3O3/c1-14-5-4-6-16(11-14)23-21(25)15-7-10-20(22-13-15)24-18-12-17(26-2)8-9-19(18)27-3/h4-13H,1-3H3,(H,22,24)(H,23,25). The van der Waals surface area contributed by atoms with E-state index in [4.69, 9.17) is 9.47 Å². The van der Waals surface area contributed by atoms with Crippen LogP contribution in [0, 0.1) is 6.92 Å². The van der Waals surface area contributed by atoms with E-state index in [1.165, 1.54) is 6.20 Å². The minimum absolute atomic E-state index is 0.210. The molecule has 2 aromatic carbocycles. The Hall–Kier alpha value is -3.54. The summed E-state index contributed by atoms with van der Waals surface area (Å²) >= 11 is 0. The molecule has 3 rings (SSSR count). The van der Waals surface area contributed by atoms with Gasteiger partial charge in [-0.3, -0.25) is 4.79 Å². The Balaban J connectivity index is 1.73. The number of nitrogens with one attached hydrogen (secondary N) is 2. The lowest BCUT2D eigenvalue weighted by molar-refractivity contribution is 0.102. The number of ether oxygens (including phenoxy) is 2. The number of pyridine rings is 1. The third-order valence-electron chi connectivity index (χ3n) is 3.97. The van der Waals surface area contributed by atoms with E-state index in [-0.39, 0.29) is 5.91 Å². The van der Waals surface area contributed by atoms with Gasteiger partial charge in [-0.1, -0.05) is 12.1 Å². The molecule has 0 saturated carbocycles. The van der Waals surface area contributed by atoms with Gasteiger partial charge in [0, 0.05) is 18.0 Å². The smallest absolute Gasteiger partial charge is 0.257 e. The molecule has 0 aliphatic heterocycles. The number of nitrogens with zero attached hydrogens (tertiary/aromatic N) is 1. The SMILES string of the molecule is COc1ccc(OC)c(Nc2ccc(C(=O)Nc3cccc(C)c3)cn2)c1. The summed E-state index contributed by atoms with van der Waals surface area (Å²) in [6, 6.07) is 16.5. The summed E-state index contributed by atoms with van der Waals surface area (Å²) in [5.41, 5.74) is 3.03. The number of methoxy groups -OCH3 is 2. The number of carbonyl (C=O) groups excluding carboxylic acids is 1. The lowest BCUT2D eigenvalue weighted by Crippen LogP contribution is -2.12. The second kappa shape index (κ2) is 8.23. The highest BCUT2D eigenvalue weighted by molar-refractivity contribution is 6.04. The fraction of sp³-hybridized carbons (Fsp3) is 0.143. The van der Waals surface area contributed by atoms with Crippen molar-refractivity contribution in [3.63, 3.8) is 0 Å². The van der Waals surface area contributed by atoms with Gasteiger partial charge in [0.25, 0.3) is 5.91 Å². The molecule has 0 fully saturated rings. The van der Waals surface area contributed by atoms with Crippen molar-refractivity contribution >= 4 is 23.1 Å². The highest BCUT2D eigenvalue weighted by atomic mass is 16.5. The normalized spacial score (nSPS) is 10.2. The lowest BCUT2D eigenvalue weighted by atomic mass is 10.2. The molecule has 1 amide bonds. The average Bonchev–Trinajstić information content (AvgIpc) is 2.68. The van der Waals surface area contributed by atoms with E-state index in [0.717, 1.165) is 16.9 Å². The molecule has 0 aliphatic rings. The van der Waals surface area contributed by atoms with Crippen LogP contribution in [-0.2, 0) is 0 Å². The fourth-order valence-electron chi connectivity index (χ4n) is 2.58. The van der Waals surface area contributed by atoms with Crippen molar-refractivity contribution in [2.75, 3.05) is 24.9 Å². The summed E-state index contributed by atoms with van der Waals surface area (Å²) in [4.78, 5) is 16.7. The molecule has 6 heteroatoms. The number of hydrogen-bond acceptors (Lipinski definition) is 5. The lowest BCUT2D eigenvalue weighted by Gasteiger charge is -2.12. The van der Waals surface area contributed by atoms with E-state index in [0.29, 0.717) is 22.9 Å². The van der Waals surface area contributed by atoms with E-state index in [9.17, 15) is 4.79 Å². The van der Waals surface area contributed by atoms with Gasteiger partial charge >= 0.3 is 0 Å². The third kappa shape index (κ3) is 4.55. The molecule has 1 heterocycles. The van der Waals surface area contributed by atoms with Crippen molar-refractivity contribution in [2.24, 2.45) is 0 Å². The predicted molar refractivity (Wildman–Crippen MR) is 106 cm³/mol. The van der Waals surface area contributed by atoms with Crippen LogP contribution in [0.25, 0.3) is 0 Å². The monoisotopic (exact) mass is 363 g/mol. The fourth-order valence-corrected chi connectivity index (χ4v) is 2.58. The van der Waals surface area contributed by atoms with Crippen molar-refractivity contribution in [1.82, 2.24) is 4.98 Å². The van der Waals surface area contributed by atoms with Gasteiger partial charge in [0.05, 0.1) is 25.5 Å². The van der Waals surface area contributed by atoms with Gasteiger partial charge in [-0.25, -0.2) is 4.98 Å². The van der Waals surface area contributed by atoms with Crippen LogP contribution < -0.4 is 20.1 Å². The maximum absolute atomic E-state index is 12.4. The van der Waals surface area contributed by atoms with E-state index in [1.54, 1.807) is 26.4 Å². The number of benzene rings is 2. The molecule has 0 atom stereocenters. The van der Waals surface area contributed by atoms with Crippen LogP contribution in [0.2, 0.25) is 0 Å². The summed E-state index contributed by atoms with van der Waals surface area (Å²) in [5.74, 6) is 1.75. The average molecular weight is 363 g/mol. The minimum atomic E-state index is -0.210. The molecule has 0 radical (unpaired) electrons. The Kier molecular flexibility index (Phi) is 5.56. The summed E-state index contributed by atoms with van der Waals surface area (Å²) in [6.45, 7) is 1.98. The van der Waals surface area contributed by atoms with Gasteiger partial charge in [0.1, 0.15) is 17.3 Å². The van der Waals surface area contributed by atoms with Gasteiger partial charge in [-0.05, 0) is 48.9 Å². The molecular weight excluding hydrogens is 342 g/mol. The Morgan fingerprint density at radius 1 is 1.00 bits per heavy atom. The van der Waals surface area contributed by atoms with E-state index in [1.807, 2.05) is 49.4 Å². The number of aryl methyl sites for hydroxylation is 1. The molecule has 0 spiro atoms. The topological polar surface area (TPSA) is 72.5 Å². The molecule has 0 unspecified atom stereocenters. The Bertz CT molecular complexity index is 940. The van der Waals surface area contributed by atoms with E-state index in [2.05, 4.69) is 15.6 Å². The number of carbonyl (C=O) groups is 1. The van der Waals surface area contributed by atoms with Crippen molar-refractivity contribution < 1.29 is 14.3 Å². The van der Waals surface area contributed by atoms with Crippen LogP contribution in [0.1, 0.15) is 15.9 Å². The molecule has 0 saturated heterocycles. The van der Waals surface area contributed by atoms with E-state index >= 15 is 0 Å². The maximum atomic E-state index is 12.4. The van der Waals surface area contributed by atoms with Crippen LogP contribution in [0.3, 0.4) is 0 Å². The first-order valence-corrected chi connectivity index (χ1v) is 8.42. The van der Waals surface area contributed by atoms with Crippen LogP contribution >= 0.6 is 0 Å². The zero-order valence-corrected chi connectivity index (χ0v) is 15.4. The number of amides is 1. The maximum Gasteiger partial charge on any atom is 0.257 e. The van der Waals surface area contributed by atoms with Crippen LogP contribution in [0.15, 0.2) is 60.8 Å². The number of anilines is 3. The van der Waals surface area contributed by atoms with Gasteiger partial charge in [-0.15, -0.1) is 0 Å². The summed E-state index contributed by atoms with van der Waals surface area (Å²) in [5, 5.41) is 6.04. The molecule has 6 nitrogen and oxygen atoms in total. The first kappa shape index (κ1) is 18.3. The summed E-state index contributed by atoms with van der Waals surface area (Å²) < 4.78 is 10.6. The van der Waals surface area contributed by atoms with Gasteiger partial charge in [0.2, 0.25) is 0 Å². The molecule has 2 N–H and O–H groups in total. The molecule has 0 aliphatic carbocycles. The number of rotatable bonds is 6. The second-order valence-electron chi connectivity index (χ2n) is 5.95. The molecule has 27 heavy (non-hydrogen) atoms. The van der Waals surface area contributed by atoms with Gasteiger partial charge < -0.3 is 20.1 Å². The predicted octanol–water partition coefficient (Wildman–Crippen LogP) is 4.40. The molecule has 3 aromatic rings. The zero-order chi connectivity index (χ0) is 19.2. The van der Waals surface area contributed by atoms with E-state index < -0.39 is 0 Å². The van der Waals surface area contributed by atoms with Crippen molar-refractivity contribution in [2.45, 2.75) is 6.92 Å². The van der Waals surface area contributed by atoms with Crippen LogP contribution in [-0.4, -0.2) is 25.1 Å². The first-order valence-electron chi connectivity index (χ1n) is 8.42. The van der Waals surface area contributed by atoms with Crippen LogP contribution in [0.4, 0.5) is 17.2 Å². The van der Waals surface area contributed by atoms with Gasteiger partial charge in [-0.2, -0.15) is 0 Å². The highest BCUT2D eigenvalue weighted by Crippen LogP contribution is 2.31. The molecular formula is C21H21N3O3. The Labute approximate surface area is 158 Å². The highest BCUT2D eigenvalue weighted by Gasteiger charge is 2.09. The van der Waals surface area contributed by atoms with Gasteiger partial charge in [0.15, 0.2) is 0 Å². The minimum Gasteiger partial charge on any atom is -0.497 e. The first-order chi connectivity index (χ1) is 13.1. The quantitative estimate of drug-likeness (QED) is 0.679. The van der Waals surface area contributed by atoms with Crippen molar-refractivity contribution in [1.29, 1.82) is 0 Å². The summed E-state index contributed by atoms with van der Waals surface area (Å²) in [7, 11) is 3.20. The molecule has 1 aromatic heterocycles. The van der Waals surface area contributed by atoms with Crippen molar-refractivity contribution in [3.05, 3.63) is 71.9 Å². The van der Waals surface area contributed by atoms with Crippen molar-refractivity contribution in [3.8, 4) is 11.5 Å². The summed E-state index contributed by atoms with van der Waals surface area (Å²) in [6.07, 6.45) is 1.53. The third-order valence-corrected chi connectivity index (χ3v) is 3.97. The molecule has 0 bridgehead atoms. The van der Waals surface area contributed by atoms with Crippen LogP contribution in [0.5, 0.6) is 11.5 Å². The number of aromatic nitrogens is 1. The largest absolute Gasteiger partial charge is 0.497 e. The zero-order valence-electron chi connectivity index (χ0n) is 15.4. The Morgan fingerprint density at radius 2 is 1.85 bits per heavy atom. The number of hydrogen-bond donors (Lipinski definition) is 2. The molecule has 138 valence electrons. The second-order valence-corrected chi connectivity index (χ2v) is 5.95. The Morgan fingerprint density at radius 3 is 2.52 bits per heavy atom.